The Labute approximate surface area is 189 Å². The van der Waals surface area contributed by atoms with Gasteiger partial charge in [-0.1, -0.05) is 17.7 Å². The van der Waals surface area contributed by atoms with Crippen molar-refractivity contribution in [2.45, 2.75) is 32.2 Å². The number of halogens is 1. The standard InChI is InChI=1S/C22H21ClN4O5/c1-13(26-21(29)15-6-5-7-18(27(31)32)19(15)22(26)30)20(28)24-14-8-9-17(16(23)12-14)25-10-3-2-4-11-25/h5-9,12-13H,2-4,10-11H2,1H3,(H,24,28). The molecule has 0 saturated carbocycles. The smallest absolute Gasteiger partial charge is 0.282 e. The summed E-state index contributed by atoms with van der Waals surface area (Å²) in [5, 5.41) is 14.4. The molecule has 1 unspecified atom stereocenters. The molecule has 2 aromatic rings. The van der Waals surface area contributed by atoms with Crippen molar-refractivity contribution in [1.82, 2.24) is 4.90 Å². The van der Waals surface area contributed by atoms with Crippen LogP contribution in [0.1, 0.15) is 46.9 Å². The van der Waals surface area contributed by atoms with Crippen LogP contribution in [-0.2, 0) is 4.79 Å². The molecule has 10 heteroatoms. The summed E-state index contributed by atoms with van der Waals surface area (Å²) in [5.41, 5.74) is 0.477. The summed E-state index contributed by atoms with van der Waals surface area (Å²) in [6.07, 6.45) is 3.40. The van der Waals surface area contributed by atoms with Gasteiger partial charge in [-0.15, -0.1) is 0 Å². The van der Waals surface area contributed by atoms with Crippen molar-refractivity contribution in [3.63, 3.8) is 0 Å². The molecule has 166 valence electrons. The van der Waals surface area contributed by atoms with Gasteiger partial charge >= 0.3 is 0 Å². The number of rotatable bonds is 5. The molecule has 4 rings (SSSR count). The first kappa shape index (κ1) is 21.8. The van der Waals surface area contributed by atoms with Crippen LogP contribution in [0.3, 0.4) is 0 Å². The molecular formula is C22H21ClN4O5. The number of piperidine rings is 1. The van der Waals surface area contributed by atoms with Gasteiger partial charge in [-0.25, -0.2) is 0 Å². The minimum absolute atomic E-state index is 0.0854. The van der Waals surface area contributed by atoms with Gasteiger partial charge in [-0.3, -0.25) is 29.4 Å². The van der Waals surface area contributed by atoms with Gasteiger partial charge in [-0.2, -0.15) is 0 Å². The minimum atomic E-state index is -1.18. The zero-order valence-corrected chi connectivity index (χ0v) is 18.1. The topological polar surface area (TPSA) is 113 Å². The third-order valence-electron chi connectivity index (χ3n) is 5.80. The van der Waals surface area contributed by atoms with Gasteiger partial charge in [0.2, 0.25) is 5.91 Å². The third-order valence-corrected chi connectivity index (χ3v) is 6.10. The second-order valence-electron chi connectivity index (χ2n) is 7.82. The normalized spacial score (nSPS) is 16.7. The van der Waals surface area contributed by atoms with Crippen LogP contribution in [-0.4, -0.2) is 46.7 Å². The quantitative estimate of drug-likeness (QED) is 0.415. The van der Waals surface area contributed by atoms with Gasteiger partial charge in [0.05, 0.1) is 21.2 Å². The molecule has 1 saturated heterocycles. The van der Waals surface area contributed by atoms with E-state index in [4.69, 9.17) is 11.6 Å². The molecule has 0 aliphatic carbocycles. The maximum absolute atomic E-state index is 12.8. The Morgan fingerprint density at radius 1 is 1.12 bits per heavy atom. The fourth-order valence-electron chi connectivity index (χ4n) is 4.13. The molecule has 32 heavy (non-hydrogen) atoms. The first-order valence-electron chi connectivity index (χ1n) is 10.3. The Morgan fingerprint density at radius 3 is 2.50 bits per heavy atom. The summed E-state index contributed by atoms with van der Waals surface area (Å²) in [7, 11) is 0. The zero-order valence-electron chi connectivity index (χ0n) is 17.3. The molecule has 0 aromatic heterocycles. The number of fused-ring (bicyclic) bond motifs is 1. The molecule has 1 atom stereocenters. The number of anilines is 2. The average Bonchev–Trinajstić information content (AvgIpc) is 3.04. The number of amides is 3. The van der Waals surface area contributed by atoms with Crippen molar-refractivity contribution in [3.05, 3.63) is 62.7 Å². The highest BCUT2D eigenvalue weighted by atomic mass is 35.5. The van der Waals surface area contributed by atoms with E-state index in [0.29, 0.717) is 10.7 Å². The maximum atomic E-state index is 12.8. The predicted octanol–water partition coefficient (Wildman–Crippen LogP) is 3.86. The summed E-state index contributed by atoms with van der Waals surface area (Å²) < 4.78 is 0. The first-order chi connectivity index (χ1) is 15.3. The van der Waals surface area contributed by atoms with E-state index >= 15 is 0 Å². The van der Waals surface area contributed by atoms with Gasteiger partial charge in [-0.05, 0) is 50.5 Å². The maximum Gasteiger partial charge on any atom is 0.282 e. The van der Waals surface area contributed by atoms with Crippen molar-refractivity contribution >= 4 is 46.4 Å². The number of nitrogens with one attached hydrogen (secondary N) is 1. The number of nitrogens with zero attached hydrogens (tertiary/aromatic N) is 3. The van der Waals surface area contributed by atoms with E-state index in [2.05, 4.69) is 10.2 Å². The number of benzene rings is 2. The highest BCUT2D eigenvalue weighted by Gasteiger charge is 2.44. The van der Waals surface area contributed by atoms with Crippen LogP contribution in [0.2, 0.25) is 5.02 Å². The molecule has 0 radical (unpaired) electrons. The molecule has 1 fully saturated rings. The summed E-state index contributed by atoms with van der Waals surface area (Å²) in [5.74, 6) is -2.21. The van der Waals surface area contributed by atoms with Crippen LogP contribution in [0.25, 0.3) is 0 Å². The van der Waals surface area contributed by atoms with E-state index in [-0.39, 0.29) is 11.1 Å². The van der Waals surface area contributed by atoms with E-state index < -0.39 is 34.4 Å². The Kier molecular flexibility index (Phi) is 5.84. The minimum Gasteiger partial charge on any atom is -0.370 e. The van der Waals surface area contributed by atoms with Gasteiger partial charge in [0.15, 0.2) is 0 Å². The monoisotopic (exact) mass is 456 g/mol. The third kappa shape index (κ3) is 3.80. The van der Waals surface area contributed by atoms with Crippen molar-refractivity contribution in [1.29, 1.82) is 0 Å². The Hall–Kier alpha value is -3.46. The highest BCUT2D eigenvalue weighted by Crippen LogP contribution is 2.33. The molecule has 2 aromatic carbocycles. The molecular weight excluding hydrogens is 436 g/mol. The summed E-state index contributed by atoms with van der Waals surface area (Å²) in [6.45, 7) is 3.25. The van der Waals surface area contributed by atoms with Crippen molar-refractivity contribution < 1.29 is 19.3 Å². The SMILES string of the molecule is CC(C(=O)Nc1ccc(N2CCCCC2)c(Cl)c1)N1C(=O)c2cccc([N+](=O)[O-])c2C1=O. The number of nitro benzene ring substituents is 1. The van der Waals surface area contributed by atoms with Crippen LogP contribution in [0.15, 0.2) is 36.4 Å². The predicted molar refractivity (Wildman–Crippen MR) is 119 cm³/mol. The van der Waals surface area contributed by atoms with Gasteiger partial charge in [0.1, 0.15) is 11.6 Å². The second kappa shape index (κ2) is 8.58. The van der Waals surface area contributed by atoms with E-state index in [1.54, 1.807) is 12.1 Å². The molecule has 0 bridgehead atoms. The van der Waals surface area contributed by atoms with E-state index in [0.717, 1.165) is 42.6 Å². The number of hydrogen-bond donors (Lipinski definition) is 1. The van der Waals surface area contributed by atoms with Crippen molar-refractivity contribution in [2.24, 2.45) is 0 Å². The van der Waals surface area contributed by atoms with E-state index in [1.807, 2.05) is 6.07 Å². The lowest BCUT2D eigenvalue weighted by molar-refractivity contribution is -0.385. The zero-order chi connectivity index (χ0) is 23.0. The number of nitro groups is 1. The summed E-state index contributed by atoms with van der Waals surface area (Å²) in [6, 6.07) is 7.83. The number of hydrogen-bond acceptors (Lipinski definition) is 6. The molecule has 2 heterocycles. The average molecular weight is 457 g/mol. The molecule has 1 N–H and O–H groups in total. The van der Waals surface area contributed by atoms with Crippen molar-refractivity contribution in [3.8, 4) is 0 Å². The van der Waals surface area contributed by atoms with Crippen molar-refractivity contribution in [2.75, 3.05) is 23.3 Å². The fourth-order valence-corrected chi connectivity index (χ4v) is 4.43. The Morgan fingerprint density at radius 2 is 1.84 bits per heavy atom. The van der Waals surface area contributed by atoms with Crippen LogP contribution in [0.5, 0.6) is 0 Å². The second-order valence-corrected chi connectivity index (χ2v) is 8.22. The van der Waals surface area contributed by atoms with Crippen LogP contribution in [0.4, 0.5) is 17.1 Å². The number of carbonyl (C=O) groups is 3. The largest absolute Gasteiger partial charge is 0.370 e. The molecule has 9 nitrogen and oxygen atoms in total. The van der Waals surface area contributed by atoms with Crippen LogP contribution < -0.4 is 10.2 Å². The lowest BCUT2D eigenvalue weighted by Crippen LogP contribution is -2.45. The summed E-state index contributed by atoms with van der Waals surface area (Å²) in [4.78, 5) is 51.8. The first-order valence-corrected chi connectivity index (χ1v) is 10.7. The van der Waals surface area contributed by atoms with E-state index in [1.165, 1.54) is 25.5 Å². The Balaban J connectivity index is 1.51. The van der Waals surface area contributed by atoms with Crippen LogP contribution >= 0.6 is 11.6 Å². The lowest BCUT2D eigenvalue weighted by Gasteiger charge is -2.29. The number of imide groups is 1. The van der Waals surface area contributed by atoms with E-state index in [9.17, 15) is 24.5 Å². The van der Waals surface area contributed by atoms with Crippen LogP contribution in [0, 0.1) is 10.1 Å². The number of carbonyl (C=O) groups excluding carboxylic acids is 3. The lowest BCUT2D eigenvalue weighted by atomic mass is 10.1. The highest BCUT2D eigenvalue weighted by molar-refractivity contribution is 6.33. The molecule has 3 amide bonds. The Bertz CT molecular complexity index is 1130. The summed E-state index contributed by atoms with van der Waals surface area (Å²) >= 11 is 6.43. The fraction of sp³-hybridized carbons (Fsp3) is 0.318. The molecule has 2 aliphatic heterocycles. The van der Waals surface area contributed by atoms with Gasteiger partial charge < -0.3 is 10.2 Å². The van der Waals surface area contributed by atoms with Gasteiger partial charge in [0, 0.05) is 24.8 Å². The molecule has 2 aliphatic rings. The van der Waals surface area contributed by atoms with Gasteiger partial charge in [0.25, 0.3) is 17.5 Å². The molecule has 0 spiro atoms.